The highest BCUT2D eigenvalue weighted by molar-refractivity contribution is 5.94. The number of hydrogen-bond donors (Lipinski definition) is 0. The quantitative estimate of drug-likeness (QED) is 0.160. The molecule has 10 rings (SSSR count). The Morgan fingerprint density at radius 3 is 1.65 bits per heavy atom. The summed E-state index contributed by atoms with van der Waals surface area (Å²) in [5, 5.41) is 1.13. The molecule has 0 spiro atoms. The Balaban J connectivity index is 1.05. The minimum Gasteiger partial charge on any atom is -0.456 e. The van der Waals surface area contributed by atoms with Crippen LogP contribution in [0.25, 0.3) is 101 Å². The number of rotatable bonds is 6. The SMILES string of the molecule is O=c1c2ccccc2oc2cc(-c3ccccc3-c3cccc(-c4nc(-c5ccccc5)nc(-c5ccc(-c6nc7ccccc7o6)cc5)n4)c3)ccc12. The summed E-state index contributed by atoms with van der Waals surface area (Å²) in [6.07, 6.45) is 0. The Bertz CT molecular complexity index is 3050. The molecule has 0 aliphatic heterocycles. The van der Waals surface area contributed by atoms with Gasteiger partial charge in [-0.15, -0.1) is 0 Å². The Labute approximate surface area is 308 Å². The van der Waals surface area contributed by atoms with Crippen molar-refractivity contribution in [3.8, 4) is 67.9 Å². The van der Waals surface area contributed by atoms with E-state index in [4.69, 9.17) is 23.8 Å². The Morgan fingerprint density at radius 1 is 0.352 bits per heavy atom. The lowest BCUT2D eigenvalue weighted by molar-refractivity contribution is 0.620. The van der Waals surface area contributed by atoms with Crippen molar-refractivity contribution in [3.63, 3.8) is 0 Å². The Morgan fingerprint density at radius 2 is 0.889 bits per heavy atom. The summed E-state index contributed by atoms with van der Waals surface area (Å²) in [5.41, 5.74) is 10.1. The molecular weight excluding hydrogens is 669 g/mol. The van der Waals surface area contributed by atoms with Crippen LogP contribution < -0.4 is 5.43 Å². The molecular formula is C47H28N4O3. The van der Waals surface area contributed by atoms with E-state index >= 15 is 0 Å². The van der Waals surface area contributed by atoms with E-state index in [-0.39, 0.29) is 5.43 Å². The summed E-state index contributed by atoms with van der Waals surface area (Å²) in [5.74, 6) is 2.25. The van der Waals surface area contributed by atoms with Crippen molar-refractivity contribution in [3.05, 3.63) is 180 Å². The predicted molar refractivity (Wildman–Crippen MR) is 214 cm³/mol. The predicted octanol–water partition coefficient (Wildman–Crippen LogP) is 11.3. The van der Waals surface area contributed by atoms with Gasteiger partial charge in [-0.2, -0.15) is 0 Å². The average Bonchev–Trinajstić information content (AvgIpc) is 3.69. The van der Waals surface area contributed by atoms with Crippen molar-refractivity contribution in [2.24, 2.45) is 0 Å². The number of oxazole rings is 1. The van der Waals surface area contributed by atoms with Gasteiger partial charge in [0.25, 0.3) is 0 Å². The average molecular weight is 697 g/mol. The highest BCUT2D eigenvalue weighted by Crippen LogP contribution is 2.36. The van der Waals surface area contributed by atoms with Crippen molar-refractivity contribution >= 4 is 33.0 Å². The van der Waals surface area contributed by atoms with Gasteiger partial charge in [0.05, 0.1) is 10.8 Å². The minimum atomic E-state index is -0.0369. The van der Waals surface area contributed by atoms with Gasteiger partial charge < -0.3 is 8.83 Å². The van der Waals surface area contributed by atoms with E-state index in [1.807, 2.05) is 140 Å². The number of nitrogens with zero attached hydrogens (tertiary/aromatic N) is 4. The second-order valence-corrected chi connectivity index (χ2v) is 13.0. The summed E-state index contributed by atoms with van der Waals surface area (Å²) in [6, 6.07) is 55.2. The van der Waals surface area contributed by atoms with Crippen LogP contribution in [-0.2, 0) is 0 Å². The molecule has 3 aromatic heterocycles. The fourth-order valence-corrected chi connectivity index (χ4v) is 6.89. The third-order valence-corrected chi connectivity index (χ3v) is 9.60. The molecule has 0 unspecified atom stereocenters. The van der Waals surface area contributed by atoms with Gasteiger partial charge in [-0.1, -0.05) is 115 Å². The maximum absolute atomic E-state index is 13.2. The van der Waals surface area contributed by atoms with Gasteiger partial charge in [0.15, 0.2) is 23.1 Å². The molecule has 7 heteroatoms. The van der Waals surface area contributed by atoms with E-state index in [9.17, 15) is 4.79 Å². The number of fused-ring (bicyclic) bond motifs is 3. The standard InChI is InChI=1S/C47H28N4O3/c52-43-37-17-6-8-19-40(37)53-42-28-33(25-26-38(42)43)36-16-5-4-15-35(36)32-13-10-14-34(27-32)46-50-44(29-11-2-1-3-12-29)49-45(51-46)30-21-23-31(24-22-30)47-48-39-18-7-9-20-41(39)54-47/h1-28H. The van der Waals surface area contributed by atoms with Gasteiger partial charge in [0.2, 0.25) is 11.3 Å². The second kappa shape index (κ2) is 12.9. The topological polar surface area (TPSA) is 94.9 Å². The molecule has 0 amide bonds. The lowest BCUT2D eigenvalue weighted by Gasteiger charge is -2.13. The van der Waals surface area contributed by atoms with E-state index in [0.717, 1.165) is 55.6 Å². The van der Waals surface area contributed by atoms with E-state index in [2.05, 4.69) is 29.2 Å². The summed E-state index contributed by atoms with van der Waals surface area (Å²) < 4.78 is 12.2. The monoisotopic (exact) mass is 696 g/mol. The highest BCUT2D eigenvalue weighted by atomic mass is 16.3. The van der Waals surface area contributed by atoms with E-state index in [1.54, 1.807) is 6.07 Å². The first-order valence-corrected chi connectivity index (χ1v) is 17.6. The summed E-state index contributed by atoms with van der Waals surface area (Å²) in [7, 11) is 0. The van der Waals surface area contributed by atoms with Gasteiger partial charge in [-0.3, -0.25) is 4.79 Å². The van der Waals surface area contributed by atoms with Crippen molar-refractivity contribution < 1.29 is 8.83 Å². The summed E-state index contributed by atoms with van der Waals surface area (Å²) in [6.45, 7) is 0. The van der Waals surface area contributed by atoms with Gasteiger partial charge >= 0.3 is 0 Å². The number of hydrogen-bond acceptors (Lipinski definition) is 7. The van der Waals surface area contributed by atoms with Crippen LogP contribution in [-0.4, -0.2) is 19.9 Å². The van der Waals surface area contributed by atoms with E-state index < -0.39 is 0 Å². The van der Waals surface area contributed by atoms with Crippen LogP contribution in [0.4, 0.5) is 0 Å². The van der Waals surface area contributed by atoms with Gasteiger partial charge in [0, 0.05) is 22.3 Å². The van der Waals surface area contributed by atoms with E-state index in [1.165, 1.54) is 0 Å². The van der Waals surface area contributed by atoms with Gasteiger partial charge in [-0.05, 0) is 76.9 Å². The molecule has 3 heterocycles. The number of para-hydroxylation sites is 3. The molecule has 0 aliphatic rings. The van der Waals surface area contributed by atoms with Crippen LogP contribution in [0.2, 0.25) is 0 Å². The van der Waals surface area contributed by atoms with Crippen molar-refractivity contribution in [2.45, 2.75) is 0 Å². The molecule has 7 nitrogen and oxygen atoms in total. The van der Waals surface area contributed by atoms with Crippen LogP contribution >= 0.6 is 0 Å². The molecule has 54 heavy (non-hydrogen) atoms. The molecule has 0 aliphatic carbocycles. The first-order chi connectivity index (χ1) is 26.6. The first kappa shape index (κ1) is 31.2. The molecule has 0 bridgehead atoms. The molecule has 0 fully saturated rings. The third kappa shape index (κ3) is 5.61. The normalized spacial score (nSPS) is 11.4. The second-order valence-electron chi connectivity index (χ2n) is 13.0. The Hall–Kier alpha value is -7.51. The molecule has 254 valence electrons. The fourth-order valence-electron chi connectivity index (χ4n) is 6.89. The molecule has 0 radical (unpaired) electrons. The third-order valence-electron chi connectivity index (χ3n) is 9.60. The lowest BCUT2D eigenvalue weighted by atomic mass is 9.93. The maximum atomic E-state index is 13.2. The molecule has 0 saturated carbocycles. The smallest absolute Gasteiger partial charge is 0.227 e. The van der Waals surface area contributed by atoms with Crippen molar-refractivity contribution in [2.75, 3.05) is 0 Å². The van der Waals surface area contributed by atoms with Crippen LogP contribution in [0.5, 0.6) is 0 Å². The molecule has 0 N–H and O–H groups in total. The van der Waals surface area contributed by atoms with Crippen LogP contribution in [0.15, 0.2) is 183 Å². The van der Waals surface area contributed by atoms with Crippen molar-refractivity contribution in [1.82, 2.24) is 19.9 Å². The largest absolute Gasteiger partial charge is 0.456 e. The number of aromatic nitrogens is 4. The molecule has 0 saturated heterocycles. The molecule has 7 aromatic carbocycles. The molecule has 10 aromatic rings. The Kier molecular flexibility index (Phi) is 7.47. The lowest BCUT2D eigenvalue weighted by Crippen LogP contribution is -2.01. The zero-order valence-electron chi connectivity index (χ0n) is 28.7. The first-order valence-electron chi connectivity index (χ1n) is 17.6. The van der Waals surface area contributed by atoms with Crippen molar-refractivity contribution in [1.29, 1.82) is 0 Å². The fraction of sp³-hybridized carbons (Fsp3) is 0. The van der Waals surface area contributed by atoms with Gasteiger partial charge in [-0.25, -0.2) is 19.9 Å². The summed E-state index contributed by atoms with van der Waals surface area (Å²) in [4.78, 5) is 32.8. The number of benzene rings is 7. The summed E-state index contributed by atoms with van der Waals surface area (Å²) >= 11 is 0. The maximum Gasteiger partial charge on any atom is 0.227 e. The van der Waals surface area contributed by atoms with E-state index in [0.29, 0.717) is 45.3 Å². The molecule has 0 atom stereocenters. The highest BCUT2D eigenvalue weighted by Gasteiger charge is 2.16. The van der Waals surface area contributed by atoms with Gasteiger partial charge in [0.1, 0.15) is 16.7 Å². The minimum absolute atomic E-state index is 0.0369. The van der Waals surface area contributed by atoms with Crippen LogP contribution in [0.3, 0.4) is 0 Å². The zero-order valence-corrected chi connectivity index (χ0v) is 28.7. The van der Waals surface area contributed by atoms with Crippen LogP contribution in [0, 0.1) is 0 Å². The van der Waals surface area contributed by atoms with Crippen LogP contribution in [0.1, 0.15) is 0 Å². The zero-order chi connectivity index (χ0) is 36.0.